The molecule has 1 aliphatic heterocycles. The van der Waals surface area contributed by atoms with Gasteiger partial charge in [-0.2, -0.15) is 0 Å². The van der Waals surface area contributed by atoms with Crippen LogP contribution in [-0.4, -0.2) is 79.6 Å². The van der Waals surface area contributed by atoms with Crippen LogP contribution in [0.4, 0.5) is 4.39 Å². The molecule has 1 N–H and O–H groups in total. The van der Waals surface area contributed by atoms with Crippen molar-refractivity contribution in [2.45, 2.75) is 58.1 Å². The molecule has 1 amide bonds. The van der Waals surface area contributed by atoms with E-state index in [-0.39, 0.29) is 55.2 Å². The number of ketones is 1. The van der Waals surface area contributed by atoms with Gasteiger partial charge in [-0.15, -0.1) is 0 Å². The van der Waals surface area contributed by atoms with E-state index >= 15 is 4.39 Å². The van der Waals surface area contributed by atoms with Gasteiger partial charge in [0.15, 0.2) is 23.9 Å². The maximum atomic E-state index is 15.3. The Hall–Kier alpha value is -4.94. The molecule has 3 rings (SSSR count). The van der Waals surface area contributed by atoms with E-state index in [0.717, 1.165) is 6.08 Å². The van der Waals surface area contributed by atoms with Gasteiger partial charge in [0, 0.05) is 12.6 Å². The van der Waals surface area contributed by atoms with Gasteiger partial charge < -0.3 is 33.7 Å². The first-order chi connectivity index (χ1) is 22.3. The number of piperidine rings is 1. The molecular formula is C34H40FNO11. The maximum absolute atomic E-state index is 15.3. The molecule has 2 atom stereocenters. The number of ether oxygens (including phenoxy) is 5. The van der Waals surface area contributed by atoms with Crippen LogP contribution in [0.15, 0.2) is 49.1 Å². The molecule has 2 aromatic rings. The van der Waals surface area contributed by atoms with E-state index in [1.807, 2.05) is 0 Å². The first-order valence-electron chi connectivity index (χ1n) is 15.0. The highest BCUT2D eigenvalue weighted by molar-refractivity contribution is 6.38. The summed E-state index contributed by atoms with van der Waals surface area (Å²) in [5.41, 5.74) is -0.664. The van der Waals surface area contributed by atoms with Crippen LogP contribution in [-0.2, 0) is 39.9 Å². The topological polar surface area (TPSA) is 155 Å². The lowest BCUT2D eigenvalue weighted by Gasteiger charge is -2.36. The molecule has 2 aromatic carbocycles. The van der Waals surface area contributed by atoms with Crippen LogP contribution in [0.5, 0.6) is 17.2 Å². The van der Waals surface area contributed by atoms with Gasteiger partial charge in [-0.1, -0.05) is 24.8 Å². The number of carbonyl (C=O) groups excluding carboxylic acids is 4. The van der Waals surface area contributed by atoms with E-state index in [4.69, 9.17) is 28.8 Å². The Morgan fingerprint density at radius 2 is 1.85 bits per heavy atom. The fourth-order valence-corrected chi connectivity index (χ4v) is 5.09. The Labute approximate surface area is 272 Å². The van der Waals surface area contributed by atoms with Gasteiger partial charge in [0.2, 0.25) is 5.78 Å². The third kappa shape index (κ3) is 9.53. The molecule has 0 spiro atoms. The van der Waals surface area contributed by atoms with Crippen molar-refractivity contribution >= 4 is 29.6 Å². The number of carboxylic acid groups (broad SMARTS) is 1. The van der Waals surface area contributed by atoms with Crippen molar-refractivity contribution in [3.63, 3.8) is 0 Å². The Morgan fingerprint density at radius 3 is 2.51 bits per heavy atom. The van der Waals surface area contributed by atoms with Crippen molar-refractivity contribution in [1.29, 1.82) is 0 Å². The second kappa shape index (κ2) is 16.6. The molecule has 1 aliphatic rings. The minimum atomic E-state index is -1.37. The number of benzene rings is 2. The first kappa shape index (κ1) is 36.5. The number of Topliss-reactive ketones (excluding diaryl/α,β-unsaturated/α-hetero) is 1. The molecule has 254 valence electrons. The third-order valence-electron chi connectivity index (χ3n) is 7.68. The van der Waals surface area contributed by atoms with Gasteiger partial charge in [0.25, 0.3) is 5.91 Å². The highest BCUT2D eigenvalue weighted by atomic mass is 19.1. The fourth-order valence-electron chi connectivity index (χ4n) is 5.09. The number of nitrogens with zero attached hydrogens (tertiary/aromatic N) is 1. The Balaban J connectivity index is 1.88. The standard InChI is InChI=1S/C34H40FNO11/c1-6-28(39)46-20-34(2,3)31(40)32(41)36-17-8-7-12-24(36)33(42)47-25(22-10-9-11-23(18-22)45-19-27(37)38)15-13-21-14-16-26(43-4)30(44-5)29(21)35/h6,9-11,14,16,18,24-25H,1,7-8,12-13,15,17,19-20H2,2-5H3,(H,37,38)/t24?,25-/m1/s1. The van der Waals surface area contributed by atoms with Crippen molar-refractivity contribution in [3.05, 3.63) is 66.0 Å². The number of amides is 1. The summed E-state index contributed by atoms with van der Waals surface area (Å²) in [4.78, 5) is 64.2. The van der Waals surface area contributed by atoms with Crippen molar-refractivity contribution in [2.24, 2.45) is 5.41 Å². The molecule has 0 bridgehead atoms. The fraction of sp³-hybridized carbons (Fsp3) is 0.441. The lowest BCUT2D eigenvalue weighted by atomic mass is 9.87. The monoisotopic (exact) mass is 657 g/mol. The Bertz CT molecular complexity index is 1490. The van der Waals surface area contributed by atoms with Gasteiger partial charge in [-0.25, -0.2) is 18.8 Å². The molecule has 1 unspecified atom stereocenters. The second-order valence-electron chi connectivity index (χ2n) is 11.5. The van der Waals surface area contributed by atoms with Gasteiger partial charge in [-0.05, 0) is 75.3 Å². The normalized spacial score (nSPS) is 15.2. The van der Waals surface area contributed by atoms with E-state index in [2.05, 4.69) is 6.58 Å². The molecule has 1 fully saturated rings. The second-order valence-corrected chi connectivity index (χ2v) is 11.5. The average Bonchev–Trinajstić information content (AvgIpc) is 3.07. The molecule has 0 aliphatic carbocycles. The van der Waals surface area contributed by atoms with Gasteiger partial charge in [0.1, 0.15) is 24.5 Å². The summed E-state index contributed by atoms with van der Waals surface area (Å²) in [5.74, 6) is -4.73. The largest absolute Gasteiger partial charge is 0.493 e. The zero-order valence-electron chi connectivity index (χ0n) is 26.9. The van der Waals surface area contributed by atoms with Crippen LogP contribution < -0.4 is 14.2 Å². The smallest absolute Gasteiger partial charge is 0.341 e. The van der Waals surface area contributed by atoms with Crippen LogP contribution in [0.2, 0.25) is 0 Å². The molecule has 0 radical (unpaired) electrons. The van der Waals surface area contributed by atoms with E-state index in [1.165, 1.54) is 45.1 Å². The van der Waals surface area contributed by atoms with Crippen LogP contribution in [0.25, 0.3) is 0 Å². The lowest BCUT2D eigenvalue weighted by molar-refractivity contribution is -0.165. The Morgan fingerprint density at radius 1 is 1.11 bits per heavy atom. The van der Waals surface area contributed by atoms with Gasteiger partial charge in [0.05, 0.1) is 19.6 Å². The van der Waals surface area contributed by atoms with Crippen molar-refractivity contribution in [1.82, 2.24) is 4.90 Å². The van der Waals surface area contributed by atoms with E-state index in [0.29, 0.717) is 18.4 Å². The number of carboxylic acids is 1. The molecule has 1 heterocycles. The van der Waals surface area contributed by atoms with Crippen LogP contribution in [0, 0.1) is 11.2 Å². The highest BCUT2D eigenvalue weighted by Crippen LogP contribution is 2.35. The third-order valence-corrected chi connectivity index (χ3v) is 7.68. The number of hydrogen-bond acceptors (Lipinski definition) is 10. The number of rotatable bonds is 16. The summed E-state index contributed by atoms with van der Waals surface area (Å²) in [5, 5.41) is 9.03. The molecule has 0 aromatic heterocycles. The number of esters is 2. The minimum absolute atomic E-state index is 0.0779. The minimum Gasteiger partial charge on any atom is -0.493 e. The van der Waals surface area contributed by atoms with E-state index < -0.39 is 59.6 Å². The van der Waals surface area contributed by atoms with Crippen molar-refractivity contribution in [3.8, 4) is 17.2 Å². The first-order valence-corrected chi connectivity index (χ1v) is 15.0. The van der Waals surface area contributed by atoms with E-state index in [9.17, 15) is 24.0 Å². The number of hydrogen-bond donors (Lipinski definition) is 1. The van der Waals surface area contributed by atoms with Crippen LogP contribution >= 0.6 is 0 Å². The summed E-state index contributed by atoms with van der Waals surface area (Å²) in [6.45, 7) is 5.41. The number of carbonyl (C=O) groups is 5. The molecule has 13 heteroatoms. The summed E-state index contributed by atoms with van der Waals surface area (Å²) in [6, 6.07) is 8.31. The van der Waals surface area contributed by atoms with Crippen molar-refractivity contribution < 1.29 is 57.2 Å². The quantitative estimate of drug-likeness (QED) is 0.157. The zero-order chi connectivity index (χ0) is 34.7. The van der Waals surface area contributed by atoms with Crippen LogP contribution in [0.1, 0.15) is 56.8 Å². The number of aryl methyl sites for hydroxylation is 1. The summed E-state index contributed by atoms with van der Waals surface area (Å²) < 4.78 is 41.9. The predicted molar refractivity (Wildman–Crippen MR) is 166 cm³/mol. The van der Waals surface area contributed by atoms with Crippen molar-refractivity contribution in [2.75, 3.05) is 34.0 Å². The number of methoxy groups -OCH3 is 2. The SMILES string of the molecule is C=CC(=O)OCC(C)(C)C(=O)C(=O)N1CCCCC1C(=O)O[C@H](CCc1ccc(OC)c(OC)c1F)c1cccc(OCC(=O)O)c1. The summed E-state index contributed by atoms with van der Waals surface area (Å²) >= 11 is 0. The molecule has 47 heavy (non-hydrogen) atoms. The molecule has 0 saturated carbocycles. The molecular weight excluding hydrogens is 617 g/mol. The molecule has 12 nitrogen and oxygen atoms in total. The highest BCUT2D eigenvalue weighted by Gasteiger charge is 2.42. The van der Waals surface area contributed by atoms with Gasteiger partial charge >= 0.3 is 17.9 Å². The summed E-state index contributed by atoms with van der Waals surface area (Å²) in [7, 11) is 2.70. The number of aliphatic carboxylic acids is 1. The summed E-state index contributed by atoms with van der Waals surface area (Å²) in [6.07, 6.45) is 1.53. The van der Waals surface area contributed by atoms with Gasteiger partial charge in [-0.3, -0.25) is 9.59 Å². The number of halogens is 1. The predicted octanol–water partition coefficient (Wildman–Crippen LogP) is 4.23. The van der Waals surface area contributed by atoms with E-state index in [1.54, 1.807) is 24.3 Å². The molecule has 1 saturated heterocycles. The number of likely N-dealkylation sites (tertiary alicyclic amines) is 1. The average molecular weight is 658 g/mol. The zero-order valence-corrected chi connectivity index (χ0v) is 26.9. The maximum Gasteiger partial charge on any atom is 0.341 e. The van der Waals surface area contributed by atoms with Crippen LogP contribution in [0.3, 0.4) is 0 Å². The lowest BCUT2D eigenvalue weighted by Crippen LogP contribution is -2.53. The Kier molecular flexibility index (Phi) is 12.9.